The normalized spacial score (nSPS) is 9.80. The van der Waals surface area contributed by atoms with Gasteiger partial charge in [0.05, 0.1) is 6.61 Å². The third-order valence-corrected chi connectivity index (χ3v) is 0.928. The second-order valence-corrected chi connectivity index (χ2v) is 2.29. The number of halogens is 1. The Bertz CT molecular complexity index is 117. The minimum Gasteiger partial charge on any atom is -0.362 e. The molecule has 0 radical (unpaired) electrons. The fourth-order valence-corrected chi connectivity index (χ4v) is 0.356. The second kappa shape index (κ2) is 5.55. The number of nitrogens with two attached hydrogens (primary N) is 1. The molecule has 0 amide bonds. The van der Waals surface area contributed by atoms with Gasteiger partial charge in [-0.05, 0) is 13.8 Å². The van der Waals surface area contributed by atoms with Crippen LogP contribution >= 0.6 is 12.4 Å². The Balaban J connectivity index is 0. The van der Waals surface area contributed by atoms with Crippen molar-refractivity contribution in [1.82, 2.24) is 0 Å². The van der Waals surface area contributed by atoms with Gasteiger partial charge in [-0.25, -0.2) is 0 Å². The van der Waals surface area contributed by atoms with Crippen molar-refractivity contribution in [1.29, 1.82) is 0 Å². The summed E-state index contributed by atoms with van der Waals surface area (Å²) in [4.78, 5) is 0. The van der Waals surface area contributed by atoms with Gasteiger partial charge in [0.1, 0.15) is 5.60 Å². The Morgan fingerprint density at radius 2 is 2.10 bits per heavy atom. The third kappa shape index (κ3) is 5.90. The zero-order valence-electron chi connectivity index (χ0n) is 6.39. The summed E-state index contributed by atoms with van der Waals surface area (Å²) in [5.74, 6) is 2.50. The van der Waals surface area contributed by atoms with Gasteiger partial charge in [-0.1, -0.05) is 5.92 Å². The van der Waals surface area contributed by atoms with Crippen molar-refractivity contribution in [3.8, 4) is 12.3 Å². The highest BCUT2D eigenvalue weighted by Gasteiger charge is 2.11. The predicted molar refractivity (Wildman–Crippen MR) is 45.2 cm³/mol. The average Bonchev–Trinajstić information content (AvgIpc) is 1.84. The van der Waals surface area contributed by atoms with E-state index in [-0.39, 0.29) is 12.4 Å². The Morgan fingerprint density at radius 1 is 1.60 bits per heavy atom. The molecule has 60 valence electrons. The van der Waals surface area contributed by atoms with Crippen LogP contribution in [0.15, 0.2) is 0 Å². The molecule has 3 heteroatoms. The molecule has 0 aliphatic rings. The first-order valence-electron chi connectivity index (χ1n) is 2.94. The molecule has 0 saturated carbocycles. The van der Waals surface area contributed by atoms with E-state index in [1.165, 1.54) is 0 Å². The average molecular weight is 164 g/mol. The van der Waals surface area contributed by atoms with E-state index in [0.717, 1.165) is 0 Å². The quantitative estimate of drug-likeness (QED) is 0.625. The lowest BCUT2D eigenvalue weighted by Crippen LogP contribution is -2.25. The standard InChI is InChI=1S/C7H13NO.ClH/c1-4-7(2,3)9-6-5-8;/h1H,5-6,8H2,2-3H3;1H. The fraction of sp³-hybridized carbons (Fsp3) is 0.714. The smallest absolute Gasteiger partial charge is 0.122 e. The minimum absolute atomic E-state index is 0. The first-order valence-corrected chi connectivity index (χ1v) is 2.94. The zero-order valence-corrected chi connectivity index (χ0v) is 7.20. The summed E-state index contributed by atoms with van der Waals surface area (Å²) in [5, 5.41) is 0. The van der Waals surface area contributed by atoms with Crippen LogP contribution in [0.1, 0.15) is 13.8 Å². The Morgan fingerprint density at radius 3 is 2.40 bits per heavy atom. The van der Waals surface area contributed by atoms with E-state index in [9.17, 15) is 0 Å². The molecule has 2 nitrogen and oxygen atoms in total. The molecule has 0 aliphatic carbocycles. The molecule has 2 N–H and O–H groups in total. The molecule has 0 spiro atoms. The van der Waals surface area contributed by atoms with Crippen LogP contribution in [0, 0.1) is 12.3 Å². The maximum absolute atomic E-state index is 5.20. The molecular formula is C7H14ClNO. The fourth-order valence-electron chi connectivity index (χ4n) is 0.356. The maximum Gasteiger partial charge on any atom is 0.122 e. The van der Waals surface area contributed by atoms with Gasteiger partial charge in [-0.3, -0.25) is 0 Å². The predicted octanol–water partition coefficient (Wildman–Crippen LogP) is 0.795. The Kier molecular flexibility index (Phi) is 6.90. The minimum atomic E-state index is -0.459. The Hall–Kier alpha value is -0.230. The number of hydrogen-bond donors (Lipinski definition) is 1. The first kappa shape index (κ1) is 12.4. The molecule has 0 atom stereocenters. The van der Waals surface area contributed by atoms with Crippen molar-refractivity contribution < 1.29 is 4.74 Å². The van der Waals surface area contributed by atoms with Crippen molar-refractivity contribution in [2.24, 2.45) is 5.73 Å². The summed E-state index contributed by atoms with van der Waals surface area (Å²) in [6.45, 7) is 4.72. The van der Waals surface area contributed by atoms with Crippen molar-refractivity contribution in [2.75, 3.05) is 13.2 Å². The van der Waals surface area contributed by atoms with Crippen molar-refractivity contribution in [2.45, 2.75) is 19.4 Å². The van der Waals surface area contributed by atoms with Gasteiger partial charge in [0.2, 0.25) is 0 Å². The van der Waals surface area contributed by atoms with Crippen molar-refractivity contribution >= 4 is 12.4 Å². The van der Waals surface area contributed by atoms with Crippen LogP contribution in [-0.4, -0.2) is 18.8 Å². The van der Waals surface area contributed by atoms with Crippen LogP contribution in [0.4, 0.5) is 0 Å². The molecule has 0 aliphatic heterocycles. The molecule has 0 fully saturated rings. The molecule has 0 bridgehead atoms. The second-order valence-electron chi connectivity index (χ2n) is 2.29. The van der Waals surface area contributed by atoms with Gasteiger partial charge >= 0.3 is 0 Å². The van der Waals surface area contributed by atoms with E-state index >= 15 is 0 Å². The lowest BCUT2D eigenvalue weighted by atomic mass is 10.1. The topological polar surface area (TPSA) is 35.2 Å². The summed E-state index contributed by atoms with van der Waals surface area (Å²) in [7, 11) is 0. The van der Waals surface area contributed by atoms with Crippen LogP contribution in [0.2, 0.25) is 0 Å². The summed E-state index contributed by atoms with van der Waals surface area (Å²) in [5.41, 5.74) is 4.74. The van der Waals surface area contributed by atoms with E-state index in [1.807, 2.05) is 13.8 Å². The molecule has 0 aromatic carbocycles. The van der Waals surface area contributed by atoms with Crippen LogP contribution in [0.3, 0.4) is 0 Å². The van der Waals surface area contributed by atoms with Crippen LogP contribution in [0.5, 0.6) is 0 Å². The highest BCUT2D eigenvalue weighted by molar-refractivity contribution is 5.85. The van der Waals surface area contributed by atoms with E-state index in [4.69, 9.17) is 16.9 Å². The van der Waals surface area contributed by atoms with Gasteiger partial charge in [0, 0.05) is 6.54 Å². The van der Waals surface area contributed by atoms with Gasteiger partial charge < -0.3 is 10.5 Å². The lowest BCUT2D eigenvalue weighted by Gasteiger charge is -2.17. The first-order chi connectivity index (χ1) is 4.12. The van der Waals surface area contributed by atoms with Gasteiger partial charge in [0.25, 0.3) is 0 Å². The highest BCUT2D eigenvalue weighted by atomic mass is 35.5. The molecule has 0 saturated heterocycles. The van der Waals surface area contributed by atoms with Crippen molar-refractivity contribution in [3.05, 3.63) is 0 Å². The third-order valence-electron chi connectivity index (χ3n) is 0.928. The van der Waals surface area contributed by atoms with E-state index < -0.39 is 5.60 Å². The number of rotatable bonds is 3. The number of ether oxygens (including phenoxy) is 1. The molecular weight excluding hydrogens is 150 g/mol. The van der Waals surface area contributed by atoms with Gasteiger partial charge in [-0.15, -0.1) is 18.8 Å². The zero-order chi connectivity index (χ0) is 7.33. The maximum atomic E-state index is 5.20. The Labute approximate surface area is 68.5 Å². The molecule has 0 rings (SSSR count). The van der Waals surface area contributed by atoms with E-state index in [1.54, 1.807) is 0 Å². The number of terminal acetylenes is 1. The highest BCUT2D eigenvalue weighted by Crippen LogP contribution is 2.04. The SMILES string of the molecule is C#CC(C)(C)OCCN.Cl. The summed E-state index contributed by atoms with van der Waals surface area (Å²) >= 11 is 0. The molecule has 10 heavy (non-hydrogen) atoms. The summed E-state index contributed by atoms with van der Waals surface area (Å²) in [6.07, 6.45) is 5.13. The van der Waals surface area contributed by atoms with Crippen LogP contribution in [-0.2, 0) is 4.74 Å². The molecule has 0 aromatic rings. The van der Waals surface area contributed by atoms with Gasteiger partial charge in [0.15, 0.2) is 0 Å². The summed E-state index contributed by atoms with van der Waals surface area (Å²) in [6, 6.07) is 0. The van der Waals surface area contributed by atoms with E-state index in [2.05, 4.69) is 5.92 Å². The lowest BCUT2D eigenvalue weighted by molar-refractivity contribution is 0.0324. The molecule has 0 unspecified atom stereocenters. The van der Waals surface area contributed by atoms with Crippen LogP contribution in [0.25, 0.3) is 0 Å². The molecule has 0 aromatic heterocycles. The van der Waals surface area contributed by atoms with Gasteiger partial charge in [-0.2, -0.15) is 0 Å². The molecule has 0 heterocycles. The largest absolute Gasteiger partial charge is 0.362 e. The summed E-state index contributed by atoms with van der Waals surface area (Å²) < 4.78 is 5.17. The van der Waals surface area contributed by atoms with Crippen LogP contribution < -0.4 is 5.73 Å². The van der Waals surface area contributed by atoms with Crippen molar-refractivity contribution in [3.63, 3.8) is 0 Å². The van der Waals surface area contributed by atoms with E-state index in [0.29, 0.717) is 13.2 Å². The number of hydrogen-bond acceptors (Lipinski definition) is 2. The monoisotopic (exact) mass is 163 g/mol.